The predicted octanol–water partition coefficient (Wildman–Crippen LogP) is 5.95. The van der Waals surface area contributed by atoms with Gasteiger partial charge in [0.25, 0.3) is 0 Å². The molecule has 1 N–H and O–H groups in total. The second-order valence-electron chi connectivity index (χ2n) is 7.95. The molecule has 2 atom stereocenters. The third-order valence-electron chi connectivity index (χ3n) is 6.10. The van der Waals surface area contributed by atoms with Crippen molar-refractivity contribution in [2.75, 3.05) is 16.8 Å². The number of fused-ring (bicyclic) bond motifs is 5. The van der Waals surface area contributed by atoms with E-state index in [0.29, 0.717) is 12.0 Å². The fourth-order valence-corrected chi connectivity index (χ4v) is 7.57. The topological polar surface area (TPSA) is 12.0 Å². The van der Waals surface area contributed by atoms with Crippen LogP contribution in [-0.2, 0) is 5.41 Å². The molecule has 25 heavy (non-hydrogen) atoms. The number of hydrogen-bond acceptors (Lipinski definition) is 3. The first kappa shape index (κ1) is 15.9. The van der Waals surface area contributed by atoms with E-state index < -0.39 is 0 Å². The van der Waals surface area contributed by atoms with Gasteiger partial charge in [-0.3, -0.25) is 0 Å². The van der Waals surface area contributed by atoms with Gasteiger partial charge in [-0.05, 0) is 41.2 Å². The van der Waals surface area contributed by atoms with Crippen molar-refractivity contribution < 1.29 is 0 Å². The highest BCUT2D eigenvalue weighted by Crippen LogP contribution is 2.55. The lowest BCUT2D eigenvalue weighted by Crippen LogP contribution is -2.50. The number of nitrogens with one attached hydrogen (secondary N) is 1. The summed E-state index contributed by atoms with van der Waals surface area (Å²) >= 11 is 4.09. The molecule has 2 aromatic carbocycles. The molecule has 3 heteroatoms. The van der Waals surface area contributed by atoms with E-state index in [4.69, 9.17) is 0 Å². The molecule has 5 rings (SSSR count). The third-order valence-corrected chi connectivity index (χ3v) is 8.52. The molecule has 0 saturated heterocycles. The molecule has 0 amide bonds. The second-order valence-corrected chi connectivity index (χ2v) is 10.00. The summed E-state index contributed by atoms with van der Waals surface area (Å²) in [4.78, 5) is 2.98. The monoisotopic (exact) mass is 365 g/mol. The molecule has 0 aliphatic carbocycles. The fraction of sp³-hybridized carbons (Fsp3) is 0.364. The maximum Gasteiger partial charge on any atom is 0.0540 e. The van der Waals surface area contributed by atoms with E-state index in [2.05, 4.69) is 80.3 Å². The summed E-state index contributed by atoms with van der Waals surface area (Å²) in [5.74, 6) is 2.94. The molecule has 0 aromatic heterocycles. The van der Waals surface area contributed by atoms with Crippen LogP contribution in [0.2, 0.25) is 0 Å². The number of thioether (sulfide) groups is 2. The number of anilines is 1. The summed E-state index contributed by atoms with van der Waals surface area (Å²) in [6.07, 6.45) is 0. The summed E-state index contributed by atoms with van der Waals surface area (Å²) < 4.78 is 0. The molecule has 2 unspecified atom stereocenters. The molecule has 3 aliphatic rings. The zero-order valence-corrected chi connectivity index (χ0v) is 16.6. The van der Waals surface area contributed by atoms with E-state index in [-0.39, 0.29) is 5.41 Å². The van der Waals surface area contributed by atoms with Crippen molar-refractivity contribution in [3.63, 3.8) is 0 Å². The van der Waals surface area contributed by atoms with Crippen LogP contribution in [0.15, 0.2) is 52.9 Å². The highest BCUT2D eigenvalue weighted by atomic mass is 32.2. The molecule has 0 saturated carbocycles. The van der Waals surface area contributed by atoms with Crippen molar-refractivity contribution in [3.05, 3.63) is 64.7 Å². The Balaban J connectivity index is 1.65. The smallest absolute Gasteiger partial charge is 0.0540 e. The highest BCUT2D eigenvalue weighted by Gasteiger charge is 2.47. The van der Waals surface area contributed by atoms with Gasteiger partial charge in [-0.2, -0.15) is 0 Å². The van der Waals surface area contributed by atoms with Gasteiger partial charge in [0.1, 0.15) is 0 Å². The predicted molar refractivity (Wildman–Crippen MR) is 112 cm³/mol. The molecule has 0 bridgehead atoms. The van der Waals surface area contributed by atoms with Crippen molar-refractivity contribution in [3.8, 4) is 0 Å². The molecular formula is C22H23NS2. The standard InChI is InChI=1S/C22H23NS2/c1-13-8-9-16-18(10-13)23-20-15-11-24-19-7-5-4-6-14(19)21(15)25-12-17(20)22(16,2)3/h4-10,17,20,23H,11-12H2,1-3H3. The van der Waals surface area contributed by atoms with Gasteiger partial charge in [-0.15, -0.1) is 23.5 Å². The summed E-state index contributed by atoms with van der Waals surface area (Å²) in [5, 5.41) is 3.94. The van der Waals surface area contributed by atoms with Gasteiger partial charge in [0.05, 0.1) is 6.04 Å². The molecule has 0 spiro atoms. The van der Waals surface area contributed by atoms with Gasteiger partial charge in [0.15, 0.2) is 0 Å². The number of hydrogen-bond donors (Lipinski definition) is 1. The molecular weight excluding hydrogens is 342 g/mol. The Morgan fingerprint density at radius 3 is 2.80 bits per heavy atom. The Hall–Kier alpha value is -1.32. The van der Waals surface area contributed by atoms with Gasteiger partial charge >= 0.3 is 0 Å². The Morgan fingerprint density at radius 1 is 1.08 bits per heavy atom. The first-order valence-electron chi connectivity index (χ1n) is 9.01. The van der Waals surface area contributed by atoms with Crippen LogP contribution >= 0.6 is 23.5 Å². The van der Waals surface area contributed by atoms with Gasteiger partial charge in [-0.1, -0.05) is 44.2 Å². The van der Waals surface area contributed by atoms with Crippen LogP contribution in [0.4, 0.5) is 5.69 Å². The highest BCUT2D eigenvalue weighted by molar-refractivity contribution is 8.08. The van der Waals surface area contributed by atoms with E-state index in [1.807, 2.05) is 11.8 Å². The van der Waals surface area contributed by atoms with Crippen molar-refractivity contribution in [2.45, 2.75) is 37.1 Å². The summed E-state index contributed by atoms with van der Waals surface area (Å²) in [6, 6.07) is 16.3. The van der Waals surface area contributed by atoms with Crippen molar-refractivity contribution in [1.82, 2.24) is 0 Å². The van der Waals surface area contributed by atoms with Crippen LogP contribution in [0.25, 0.3) is 4.91 Å². The maximum absolute atomic E-state index is 3.94. The molecule has 0 radical (unpaired) electrons. The Labute approximate surface area is 158 Å². The lowest BCUT2D eigenvalue weighted by Gasteiger charge is -2.50. The van der Waals surface area contributed by atoms with Crippen molar-refractivity contribution in [1.29, 1.82) is 0 Å². The summed E-state index contributed by atoms with van der Waals surface area (Å²) in [6.45, 7) is 7.07. The molecule has 1 nitrogen and oxygen atoms in total. The van der Waals surface area contributed by atoms with Crippen molar-refractivity contribution >= 4 is 34.1 Å². The average molecular weight is 366 g/mol. The SMILES string of the molecule is Cc1ccc2c(c1)NC1C3=C(SCC1C2(C)C)c1ccccc1SC3. The minimum absolute atomic E-state index is 0.201. The van der Waals surface area contributed by atoms with Gasteiger partial charge in [-0.25, -0.2) is 0 Å². The lowest BCUT2D eigenvalue weighted by atomic mass is 9.66. The zero-order valence-electron chi connectivity index (χ0n) is 14.9. The van der Waals surface area contributed by atoms with E-state index in [1.165, 1.54) is 37.9 Å². The van der Waals surface area contributed by atoms with Gasteiger partial charge in [0, 0.05) is 38.5 Å². The minimum Gasteiger partial charge on any atom is -0.378 e. The van der Waals surface area contributed by atoms with Crippen LogP contribution in [0.3, 0.4) is 0 Å². The van der Waals surface area contributed by atoms with Gasteiger partial charge in [0.2, 0.25) is 0 Å². The summed E-state index contributed by atoms with van der Waals surface area (Å²) in [7, 11) is 0. The maximum atomic E-state index is 3.94. The van der Waals surface area contributed by atoms with Crippen LogP contribution in [0.5, 0.6) is 0 Å². The number of rotatable bonds is 0. The Morgan fingerprint density at radius 2 is 1.92 bits per heavy atom. The Bertz CT molecular complexity index is 897. The lowest BCUT2D eigenvalue weighted by molar-refractivity contribution is 0.314. The number of aryl methyl sites for hydroxylation is 1. The van der Waals surface area contributed by atoms with Crippen LogP contribution in [0.1, 0.15) is 30.5 Å². The third kappa shape index (κ3) is 2.32. The summed E-state index contributed by atoms with van der Waals surface area (Å²) in [5.41, 5.74) is 7.42. The Kier molecular flexibility index (Phi) is 3.55. The van der Waals surface area contributed by atoms with Crippen LogP contribution in [-0.4, -0.2) is 17.5 Å². The largest absolute Gasteiger partial charge is 0.378 e. The minimum atomic E-state index is 0.201. The van der Waals surface area contributed by atoms with Crippen molar-refractivity contribution in [2.24, 2.45) is 5.92 Å². The molecule has 3 aliphatic heterocycles. The van der Waals surface area contributed by atoms with E-state index in [1.54, 1.807) is 5.57 Å². The molecule has 128 valence electrons. The first-order chi connectivity index (χ1) is 12.1. The van der Waals surface area contributed by atoms with E-state index in [0.717, 1.165) is 5.75 Å². The zero-order chi connectivity index (χ0) is 17.2. The fourth-order valence-electron chi connectivity index (χ4n) is 4.61. The first-order valence-corrected chi connectivity index (χ1v) is 11.0. The normalized spacial score (nSPS) is 26.0. The second kappa shape index (κ2) is 5.59. The quantitative estimate of drug-likeness (QED) is 0.620. The van der Waals surface area contributed by atoms with Gasteiger partial charge < -0.3 is 5.32 Å². The average Bonchev–Trinajstić information content (AvgIpc) is 2.61. The number of benzene rings is 2. The molecule has 3 heterocycles. The van der Waals surface area contributed by atoms with Crippen LogP contribution in [0, 0.1) is 12.8 Å². The van der Waals surface area contributed by atoms with E-state index >= 15 is 0 Å². The molecule has 0 fully saturated rings. The molecule has 2 aromatic rings. The van der Waals surface area contributed by atoms with E-state index in [9.17, 15) is 0 Å². The van der Waals surface area contributed by atoms with Crippen LogP contribution < -0.4 is 5.32 Å².